The molecule has 1 aliphatic rings. The van der Waals surface area contributed by atoms with Crippen molar-refractivity contribution >= 4 is 15.9 Å². The molecular formula is C13H18BrNO. The van der Waals surface area contributed by atoms with Gasteiger partial charge in [0.1, 0.15) is 11.9 Å². The van der Waals surface area contributed by atoms with Crippen LogP contribution in [-0.4, -0.2) is 31.1 Å². The summed E-state index contributed by atoms with van der Waals surface area (Å²) < 4.78 is 7.18. The molecule has 0 spiro atoms. The SMILES string of the molecule is Cc1cc(OC2CCN(C)C2)cc(C)c1Br. The van der Waals surface area contributed by atoms with E-state index >= 15 is 0 Å². The van der Waals surface area contributed by atoms with Crippen molar-refractivity contribution in [2.45, 2.75) is 26.4 Å². The zero-order valence-electron chi connectivity index (χ0n) is 10.1. The summed E-state index contributed by atoms with van der Waals surface area (Å²) in [6, 6.07) is 4.21. The number of halogens is 1. The van der Waals surface area contributed by atoms with Gasteiger partial charge >= 0.3 is 0 Å². The van der Waals surface area contributed by atoms with Gasteiger partial charge in [-0.3, -0.25) is 0 Å². The van der Waals surface area contributed by atoms with Crippen LogP contribution in [0.2, 0.25) is 0 Å². The first kappa shape index (κ1) is 11.9. The van der Waals surface area contributed by atoms with Gasteiger partial charge < -0.3 is 9.64 Å². The molecule has 1 heterocycles. The number of rotatable bonds is 2. The van der Waals surface area contributed by atoms with Crippen LogP contribution in [0.15, 0.2) is 16.6 Å². The lowest BCUT2D eigenvalue weighted by Gasteiger charge is -2.15. The standard InChI is InChI=1S/C13H18BrNO/c1-9-6-12(7-10(2)13(9)14)16-11-4-5-15(3)8-11/h6-7,11H,4-5,8H2,1-3H3. The zero-order chi connectivity index (χ0) is 11.7. The molecule has 0 aliphatic carbocycles. The van der Waals surface area contributed by atoms with Crippen molar-refractivity contribution in [2.24, 2.45) is 0 Å². The molecule has 1 aromatic rings. The molecule has 3 heteroatoms. The van der Waals surface area contributed by atoms with Crippen LogP contribution in [0.5, 0.6) is 5.75 Å². The Morgan fingerprint density at radius 3 is 2.44 bits per heavy atom. The fourth-order valence-corrected chi connectivity index (χ4v) is 2.39. The van der Waals surface area contributed by atoms with Gasteiger partial charge in [-0.2, -0.15) is 0 Å². The molecule has 0 saturated carbocycles. The number of benzene rings is 1. The molecule has 0 radical (unpaired) electrons. The van der Waals surface area contributed by atoms with Crippen LogP contribution in [0, 0.1) is 13.8 Å². The van der Waals surface area contributed by atoms with E-state index in [1.165, 1.54) is 15.6 Å². The molecule has 2 rings (SSSR count). The Bertz CT molecular complexity index is 369. The van der Waals surface area contributed by atoms with E-state index in [9.17, 15) is 0 Å². The molecule has 2 nitrogen and oxygen atoms in total. The summed E-state index contributed by atoms with van der Waals surface area (Å²) in [7, 11) is 2.14. The minimum atomic E-state index is 0.352. The molecule has 1 fully saturated rings. The molecule has 1 unspecified atom stereocenters. The smallest absolute Gasteiger partial charge is 0.120 e. The maximum atomic E-state index is 6.00. The highest BCUT2D eigenvalue weighted by Crippen LogP contribution is 2.27. The van der Waals surface area contributed by atoms with Gasteiger partial charge in [0.15, 0.2) is 0 Å². The van der Waals surface area contributed by atoms with Crippen LogP contribution in [-0.2, 0) is 0 Å². The number of likely N-dealkylation sites (tertiary alicyclic amines) is 1. The molecule has 0 aromatic heterocycles. The quantitative estimate of drug-likeness (QED) is 0.827. The monoisotopic (exact) mass is 283 g/mol. The second-order valence-corrected chi connectivity index (χ2v) is 5.45. The van der Waals surface area contributed by atoms with E-state index in [2.05, 4.69) is 53.9 Å². The molecular weight excluding hydrogens is 266 g/mol. The Balaban J connectivity index is 2.10. The van der Waals surface area contributed by atoms with Crippen LogP contribution in [0.25, 0.3) is 0 Å². The number of nitrogens with zero attached hydrogens (tertiary/aromatic N) is 1. The van der Waals surface area contributed by atoms with Crippen molar-refractivity contribution < 1.29 is 4.74 Å². The maximum Gasteiger partial charge on any atom is 0.120 e. The first-order chi connectivity index (χ1) is 7.56. The molecule has 0 bridgehead atoms. The lowest BCUT2D eigenvalue weighted by atomic mass is 10.1. The first-order valence-electron chi connectivity index (χ1n) is 5.68. The number of hydrogen-bond acceptors (Lipinski definition) is 2. The molecule has 16 heavy (non-hydrogen) atoms. The van der Waals surface area contributed by atoms with Gasteiger partial charge in [-0.05, 0) is 50.6 Å². The predicted octanol–water partition coefficient (Wildman–Crippen LogP) is 3.15. The summed E-state index contributed by atoms with van der Waals surface area (Å²) in [5.41, 5.74) is 2.47. The largest absolute Gasteiger partial charge is 0.489 e. The second kappa shape index (κ2) is 4.76. The van der Waals surface area contributed by atoms with Gasteiger partial charge in [-0.1, -0.05) is 15.9 Å². The Kier molecular flexibility index (Phi) is 3.55. The topological polar surface area (TPSA) is 12.5 Å². The van der Waals surface area contributed by atoms with Gasteiger partial charge in [0.05, 0.1) is 0 Å². The van der Waals surface area contributed by atoms with E-state index in [4.69, 9.17) is 4.74 Å². The summed E-state index contributed by atoms with van der Waals surface area (Å²) in [4.78, 5) is 2.31. The Morgan fingerprint density at radius 1 is 1.31 bits per heavy atom. The van der Waals surface area contributed by atoms with E-state index in [0.29, 0.717) is 6.10 Å². The van der Waals surface area contributed by atoms with Crippen LogP contribution in [0.1, 0.15) is 17.5 Å². The van der Waals surface area contributed by atoms with Crippen LogP contribution < -0.4 is 4.74 Å². The third-order valence-electron chi connectivity index (χ3n) is 3.06. The van der Waals surface area contributed by atoms with E-state index < -0.39 is 0 Å². The lowest BCUT2D eigenvalue weighted by molar-refractivity contribution is 0.208. The van der Waals surface area contributed by atoms with Crippen LogP contribution in [0.4, 0.5) is 0 Å². The summed E-state index contributed by atoms with van der Waals surface area (Å²) in [5, 5.41) is 0. The lowest BCUT2D eigenvalue weighted by Crippen LogP contribution is -2.21. The highest BCUT2D eigenvalue weighted by atomic mass is 79.9. The fourth-order valence-electron chi connectivity index (χ4n) is 2.16. The van der Waals surface area contributed by atoms with Crippen molar-refractivity contribution in [2.75, 3.05) is 20.1 Å². The van der Waals surface area contributed by atoms with Gasteiger partial charge in [-0.25, -0.2) is 0 Å². The summed E-state index contributed by atoms with van der Waals surface area (Å²) in [6.07, 6.45) is 1.48. The van der Waals surface area contributed by atoms with Gasteiger partial charge in [0.25, 0.3) is 0 Å². The van der Waals surface area contributed by atoms with Gasteiger partial charge in [0, 0.05) is 17.6 Å². The third kappa shape index (κ3) is 2.58. The highest BCUT2D eigenvalue weighted by molar-refractivity contribution is 9.10. The Labute approximate surface area is 106 Å². The van der Waals surface area contributed by atoms with Gasteiger partial charge in [-0.15, -0.1) is 0 Å². The molecule has 1 atom stereocenters. The van der Waals surface area contributed by atoms with E-state index in [1.807, 2.05) is 0 Å². The van der Waals surface area contributed by atoms with Crippen molar-refractivity contribution in [1.29, 1.82) is 0 Å². The van der Waals surface area contributed by atoms with Crippen LogP contribution in [0.3, 0.4) is 0 Å². The zero-order valence-corrected chi connectivity index (χ0v) is 11.7. The Hall–Kier alpha value is -0.540. The number of ether oxygens (including phenoxy) is 1. The molecule has 1 aliphatic heterocycles. The average Bonchev–Trinajstić information content (AvgIpc) is 2.60. The summed E-state index contributed by atoms with van der Waals surface area (Å²) in [5.74, 6) is 0.999. The summed E-state index contributed by atoms with van der Waals surface area (Å²) in [6.45, 7) is 6.38. The number of aryl methyl sites for hydroxylation is 2. The Morgan fingerprint density at radius 2 is 1.94 bits per heavy atom. The average molecular weight is 284 g/mol. The summed E-state index contributed by atoms with van der Waals surface area (Å²) >= 11 is 3.57. The first-order valence-corrected chi connectivity index (χ1v) is 6.47. The van der Waals surface area contributed by atoms with Gasteiger partial charge in [0.2, 0.25) is 0 Å². The molecule has 1 aromatic carbocycles. The third-order valence-corrected chi connectivity index (χ3v) is 4.31. The molecule has 0 N–H and O–H groups in total. The molecule has 88 valence electrons. The normalized spacial score (nSPS) is 21.4. The van der Waals surface area contributed by atoms with Crippen molar-refractivity contribution in [3.63, 3.8) is 0 Å². The van der Waals surface area contributed by atoms with Crippen molar-refractivity contribution in [1.82, 2.24) is 4.90 Å². The molecule has 0 amide bonds. The van der Waals surface area contributed by atoms with E-state index in [0.717, 1.165) is 25.3 Å². The number of likely N-dealkylation sites (N-methyl/N-ethyl adjacent to an activating group) is 1. The minimum Gasteiger partial charge on any atom is -0.489 e. The van der Waals surface area contributed by atoms with Crippen molar-refractivity contribution in [3.05, 3.63) is 27.7 Å². The second-order valence-electron chi connectivity index (χ2n) is 4.66. The molecule has 1 saturated heterocycles. The maximum absolute atomic E-state index is 6.00. The highest BCUT2D eigenvalue weighted by Gasteiger charge is 2.21. The fraction of sp³-hybridized carbons (Fsp3) is 0.538. The minimum absolute atomic E-state index is 0.352. The van der Waals surface area contributed by atoms with Crippen molar-refractivity contribution in [3.8, 4) is 5.75 Å². The van der Waals surface area contributed by atoms with E-state index in [-0.39, 0.29) is 0 Å². The predicted molar refractivity (Wildman–Crippen MR) is 70.1 cm³/mol. The van der Waals surface area contributed by atoms with E-state index in [1.54, 1.807) is 0 Å². The van der Waals surface area contributed by atoms with Crippen LogP contribution >= 0.6 is 15.9 Å². The number of hydrogen-bond donors (Lipinski definition) is 0.